The maximum Gasteiger partial charge on any atom is 0.319 e. The number of carbonyl (C=O) groups excluding carboxylic acids is 3. The average Bonchev–Trinajstić information content (AvgIpc) is 3.04. The molecule has 1 N–H and O–H groups in total. The summed E-state index contributed by atoms with van der Waals surface area (Å²) in [5.41, 5.74) is -2.49. The first-order valence-corrected chi connectivity index (χ1v) is 17.6. The number of likely N-dealkylation sites (N-methyl/N-ethyl adjacent to an activating group) is 2. The van der Waals surface area contributed by atoms with Crippen LogP contribution in [0.15, 0.2) is 12.7 Å². The Bertz CT molecular complexity index is 1110. The summed E-state index contributed by atoms with van der Waals surface area (Å²) >= 11 is 0. The summed E-state index contributed by atoms with van der Waals surface area (Å²) in [6.45, 7) is 20.9. The number of aliphatic hydroxyl groups is 1. The molecule has 0 spiro atoms. The molecule has 3 aliphatic rings. The average molecular weight is 681 g/mol. The van der Waals surface area contributed by atoms with E-state index in [2.05, 4.69) is 16.4 Å². The number of carbonyl (C=O) groups is 3. The van der Waals surface area contributed by atoms with Crippen LogP contribution in [0.5, 0.6) is 0 Å². The standard InChI is InChI=1S/C36H64N4O8/c1-13-26-19-36(8,45-12)31(48-33-29(41)28(37(9)10)18-24(4)47-33)25(5)30(42)35(6,7)34(44)46-22-27(38(11)20-26)21-39-14-16-40(17-15-39)32(43)23(2)3/h13,23-29,31,33,41H,1,14-22H2,2-12H3/t24-,25+,26-,27-,28+,29-,31-,33+,36-/m1/s1. The molecule has 1 amide bonds. The lowest BCUT2D eigenvalue weighted by Crippen LogP contribution is -2.59. The molecule has 48 heavy (non-hydrogen) atoms. The van der Waals surface area contributed by atoms with E-state index in [1.165, 1.54) is 0 Å². The van der Waals surface area contributed by atoms with Crippen molar-refractivity contribution in [1.82, 2.24) is 19.6 Å². The number of rotatable bonds is 8. The lowest BCUT2D eigenvalue weighted by Gasteiger charge is -2.47. The number of nitrogens with zero attached hydrogens (tertiary/aromatic N) is 4. The molecule has 3 heterocycles. The number of piperazine rings is 1. The Morgan fingerprint density at radius 3 is 2.31 bits per heavy atom. The Hall–Kier alpha value is -1.93. The second kappa shape index (κ2) is 16.9. The number of esters is 1. The van der Waals surface area contributed by atoms with Gasteiger partial charge in [-0.2, -0.15) is 0 Å². The van der Waals surface area contributed by atoms with E-state index in [-0.39, 0.29) is 48.3 Å². The van der Waals surface area contributed by atoms with E-state index in [4.69, 9.17) is 18.9 Å². The first-order valence-electron chi connectivity index (χ1n) is 17.6. The van der Waals surface area contributed by atoms with Gasteiger partial charge in [0.15, 0.2) is 12.1 Å². The van der Waals surface area contributed by atoms with Gasteiger partial charge >= 0.3 is 5.97 Å². The highest BCUT2D eigenvalue weighted by Gasteiger charge is 2.51. The summed E-state index contributed by atoms with van der Waals surface area (Å²) in [6, 6.07) is -0.367. The fourth-order valence-corrected chi connectivity index (χ4v) is 7.46. The topological polar surface area (TPSA) is 121 Å². The van der Waals surface area contributed by atoms with Crippen LogP contribution in [0.25, 0.3) is 0 Å². The predicted octanol–water partition coefficient (Wildman–Crippen LogP) is 2.28. The van der Waals surface area contributed by atoms with Gasteiger partial charge < -0.3 is 33.9 Å². The van der Waals surface area contributed by atoms with E-state index >= 15 is 0 Å². The Morgan fingerprint density at radius 2 is 1.77 bits per heavy atom. The minimum Gasteiger partial charge on any atom is -0.463 e. The van der Waals surface area contributed by atoms with E-state index in [0.717, 1.165) is 13.1 Å². The molecule has 3 aliphatic heterocycles. The van der Waals surface area contributed by atoms with Crippen molar-refractivity contribution in [2.24, 2.45) is 23.2 Å². The molecule has 3 saturated heterocycles. The van der Waals surface area contributed by atoms with Gasteiger partial charge in [-0.25, -0.2) is 0 Å². The van der Waals surface area contributed by atoms with E-state index in [9.17, 15) is 19.5 Å². The van der Waals surface area contributed by atoms with Gasteiger partial charge in [-0.1, -0.05) is 26.8 Å². The van der Waals surface area contributed by atoms with Crippen molar-refractivity contribution >= 4 is 17.7 Å². The fraction of sp³-hybridized carbons (Fsp3) is 0.861. The summed E-state index contributed by atoms with van der Waals surface area (Å²) in [6.07, 6.45) is -0.0304. The SMILES string of the molecule is C=C[C@H]1CN(C)[C@H](CN2CCN(C(=O)C(C)C)CC2)COC(=O)C(C)(C)C(=O)[C@H](C)[C@@H](O[C@@H]2O[C@H](C)C[C@H](N(C)C)[C@H]2O)[C@](C)(OC)C1. The Balaban J connectivity index is 1.93. The lowest BCUT2D eigenvalue weighted by atomic mass is 9.74. The van der Waals surface area contributed by atoms with Crippen molar-refractivity contribution in [2.45, 2.75) is 104 Å². The van der Waals surface area contributed by atoms with E-state index in [0.29, 0.717) is 39.0 Å². The summed E-state index contributed by atoms with van der Waals surface area (Å²) in [7, 11) is 7.44. The minimum absolute atomic E-state index is 0.0383. The van der Waals surface area contributed by atoms with Gasteiger partial charge in [-0.15, -0.1) is 6.58 Å². The number of amides is 1. The summed E-state index contributed by atoms with van der Waals surface area (Å²) in [4.78, 5) is 48.9. The molecule has 0 unspecified atom stereocenters. The molecule has 3 fully saturated rings. The zero-order valence-electron chi connectivity index (χ0n) is 31.4. The first kappa shape index (κ1) is 40.5. The van der Waals surface area contributed by atoms with Crippen LogP contribution >= 0.6 is 0 Å². The Morgan fingerprint density at radius 1 is 1.15 bits per heavy atom. The normalized spacial score (nSPS) is 36.7. The molecule has 12 nitrogen and oxygen atoms in total. The molecule has 0 radical (unpaired) electrons. The summed E-state index contributed by atoms with van der Waals surface area (Å²) < 4.78 is 25.0. The monoisotopic (exact) mass is 680 g/mol. The zero-order valence-corrected chi connectivity index (χ0v) is 31.4. The van der Waals surface area contributed by atoms with Gasteiger partial charge in [0, 0.05) is 64.3 Å². The van der Waals surface area contributed by atoms with Crippen LogP contribution in [0.1, 0.15) is 61.3 Å². The number of ether oxygens (including phenoxy) is 4. The van der Waals surface area contributed by atoms with Crippen molar-refractivity contribution in [1.29, 1.82) is 0 Å². The van der Waals surface area contributed by atoms with Gasteiger partial charge in [0.05, 0.1) is 23.9 Å². The van der Waals surface area contributed by atoms with Gasteiger partial charge in [-0.05, 0) is 67.6 Å². The van der Waals surface area contributed by atoms with Gasteiger partial charge in [-0.3, -0.25) is 24.2 Å². The number of hydrogen-bond donors (Lipinski definition) is 1. The molecule has 3 rings (SSSR count). The summed E-state index contributed by atoms with van der Waals surface area (Å²) in [5.74, 6) is -1.70. The minimum atomic E-state index is -1.47. The molecule has 0 aromatic heterocycles. The van der Waals surface area contributed by atoms with Crippen LogP contribution in [-0.2, 0) is 33.3 Å². The predicted molar refractivity (Wildman–Crippen MR) is 184 cm³/mol. The molecule has 0 saturated carbocycles. The second-order valence-electron chi connectivity index (χ2n) is 15.6. The number of Topliss-reactive ketones (excluding diaryl/α,β-unsaturated/α-hetero) is 1. The molecule has 0 aromatic carbocycles. The second-order valence-corrected chi connectivity index (χ2v) is 15.6. The van der Waals surface area contributed by atoms with Crippen molar-refractivity contribution in [3.05, 3.63) is 12.7 Å². The van der Waals surface area contributed by atoms with E-state index < -0.39 is 41.4 Å². The molecule has 276 valence electrons. The van der Waals surface area contributed by atoms with Crippen molar-refractivity contribution in [3.63, 3.8) is 0 Å². The van der Waals surface area contributed by atoms with Crippen LogP contribution in [0, 0.1) is 23.2 Å². The third-order valence-corrected chi connectivity index (χ3v) is 10.8. The molecular formula is C36H64N4O8. The van der Waals surface area contributed by atoms with Crippen LogP contribution in [0.3, 0.4) is 0 Å². The third kappa shape index (κ3) is 9.44. The van der Waals surface area contributed by atoms with Gasteiger partial charge in [0.2, 0.25) is 5.91 Å². The maximum atomic E-state index is 14.3. The molecule has 12 heteroatoms. The zero-order chi connectivity index (χ0) is 36.1. The van der Waals surface area contributed by atoms with E-state index in [1.807, 2.05) is 64.7 Å². The molecule has 0 aliphatic carbocycles. The number of cyclic esters (lactones) is 1. The van der Waals surface area contributed by atoms with Crippen molar-refractivity contribution in [3.8, 4) is 0 Å². The Labute approximate surface area is 289 Å². The smallest absolute Gasteiger partial charge is 0.319 e. The van der Waals surface area contributed by atoms with Crippen LogP contribution in [-0.4, -0.2) is 159 Å². The van der Waals surface area contributed by atoms with Crippen molar-refractivity contribution in [2.75, 3.05) is 74.1 Å². The number of aliphatic hydroxyl groups excluding tert-OH is 1. The third-order valence-electron chi connectivity index (χ3n) is 10.8. The molecule has 0 aromatic rings. The summed E-state index contributed by atoms with van der Waals surface area (Å²) in [5, 5.41) is 11.4. The first-order chi connectivity index (χ1) is 22.4. The lowest BCUT2D eigenvalue weighted by molar-refractivity contribution is -0.295. The van der Waals surface area contributed by atoms with E-state index in [1.54, 1.807) is 27.9 Å². The highest BCUT2D eigenvalue weighted by molar-refractivity contribution is 6.04. The molecular weight excluding hydrogens is 616 g/mol. The molecule has 0 bridgehead atoms. The highest BCUT2D eigenvalue weighted by atomic mass is 16.7. The fourth-order valence-electron chi connectivity index (χ4n) is 7.46. The van der Waals surface area contributed by atoms with Crippen LogP contribution < -0.4 is 0 Å². The highest BCUT2D eigenvalue weighted by Crippen LogP contribution is 2.38. The number of methoxy groups -OCH3 is 1. The van der Waals surface area contributed by atoms with Gasteiger partial charge in [0.25, 0.3) is 0 Å². The van der Waals surface area contributed by atoms with Crippen LogP contribution in [0.2, 0.25) is 0 Å². The van der Waals surface area contributed by atoms with Crippen molar-refractivity contribution < 1.29 is 38.4 Å². The number of ketones is 1. The number of hydrogen-bond acceptors (Lipinski definition) is 11. The quantitative estimate of drug-likeness (QED) is 0.231. The maximum absolute atomic E-state index is 14.3. The largest absolute Gasteiger partial charge is 0.463 e. The van der Waals surface area contributed by atoms with Gasteiger partial charge in [0.1, 0.15) is 18.1 Å². The van der Waals surface area contributed by atoms with Crippen LogP contribution in [0.4, 0.5) is 0 Å². The Kier molecular flexibility index (Phi) is 14.2. The molecule has 9 atom stereocenters.